The number of ether oxygens (including phenoxy) is 4. The van der Waals surface area contributed by atoms with Gasteiger partial charge in [0, 0.05) is 95.2 Å². The molecule has 2 saturated carbocycles. The molecule has 3 N–H and O–H groups in total. The van der Waals surface area contributed by atoms with Gasteiger partial charge in [0.25, 0.3) is 0 Å². The Bertz CT molecular complexity index is 3940. The number of nitrogens with one attached hydrogen (secondary N) is 2. The van der Waals surface area contributed by atoms with Crippen molar-refractivity contribution in [3.8, 4) is 0 Å². The quantitative estimate of drug-likeness (QED) is 0.0289. The fourth-order valence-corrected chi connectivity index (χ4v) is 14.8. The van der Waals surface area contributed by atoms with Gasteiger partial charge in [0.2, 0.25) is 0 Å². The van der Waals surface area contributed by atoms with Crippen LogP contribution >= 0.6 is 0 Å². The van der Waals surface area contributed by atoms with Crippen LogP contribution in [0.2, 0.25) is 0 Å². The average Bonchev–Trinajstić information content (AvgIpc) is 1.51. The van der Waals surface area contributed by atoms with Crippen LogP contribution in [0.4, 0.5) is 0 Å². The number of fused-ring (bicyclic) bond motifs is 9. The third-order valence-electron chi connectivity index (χ3n) is 19.6. The molecule has 14 heteroatoms. The molecule has 9 rings (SSSR count). The van der Waals surface area contributed by atoms with Crippen LogP contribution in [0, 0.1) is 24.7 Å². The molecule has 89 heavy (non-hydrogen) atoms. The summed E-state index contributed by atoms with van der Waals surface area (Å²) in [5.41, 5.74) is 15.7. The number of aromatic nitrogens is 4. The average molecular weight is 1210 g/mol. The minimum Gasteiger partial charge on any atom is -0.469 e. The van der Waals surface area contributed by atoms with E-state index in [-0.39, 0.29) is 60.7 Å². The molecule has 3 aromatic rings. The fraction of sp³-hybridized carbons (Fsp3) is 0.467. The highest BCUT2D eigenvalue weighted by Gasteiger charge is 2.76. The summed E-state index contributed by atoms with van der Waals surface area (Å²) in [6.07, 6.45) is 24.4. The standard InChI is InChI=1S/C75H90N4O10/c1-18-53-46(6)56-36-61-66(48(8)58(77-61)34-57-47(7)54(30-32-65(83)86-17)68(78-57)55-33-62(81)67-49(9)59(79-69(55)67)35-60(53)76-56)70(84)88-52-38-72(13,14)75(74(16,40-52)89-75)41-63(82)45(5)28-22-27-43(3)24-20-19-23-42(2)25-21-26-44(4)29-31-64-71(11,12)37-51(87-50(10)80)39-73(64,15)85/h19-29,34-36,47,51-52,54,76-77,85H,18,30,32-33,37-41H2,1-17H3. The van der Waals surface area contributed by atoms with Crippen molar-refractivity contribution in [2.75, 3.05) is 7.11 Å². The van der Waals surface area contributed by atoms with Gasteiger partial charge in [0.05, 0.1) is 46.5 Å². The number of aryl methyl sites for hydroxylation is 3. The third-order valence-corrected chi connectivity index (χ3v) is 19.6. The van der Waals surface area contributed by atoms with Gasteiger partial charge in [-0.15, -0.1) is 5.73 Å². The van der Waals surface area contributed by atoms with Crippen LogP contribution in [-0.2, 0) is 51.0 Å². The number of allylic oxidation sites excluding steroid dienone is 16. The molecule has 7 atom stereocenters. The summed E-state index contributed by atoms with van der Waals surface area (Å²) in [4.78, 5) is 84.7. The molecule has 3 aliphatic carbocycles. The van der Waals surface area contributed by atoms with E-state index in [1.54, 1.807) is 6.92 Å². The van der Waals surface area contributed by atoms with Gasteiger partial charge in [-0.05, 0) is 151 Å². The van der Waals surface area contributed by atoms with E-state index >= 15 is 0 Å². The molecule has 0 aromatic carbocycles. The summed E-state index contributed by atoms with van der Waals surface area (Å²) in [5, 5.41) is 11.3. The zero-order valence-corrected chi connectivity index (χ0v) is 55.3. The number of ketones is 2. The number of carbonyl (C=O) groups excluding carboxylic acids is 5. The van der Waals surface area contributed by atoms with Crippen LogP contribution in [0.15, 0.2) is 119 Å². The van der Waals surface area contributed by atoms with Gasteiger partial charge in [0.15, 0.2) is 11.6 Å². The molecular weight excluding hydrogens is 1120 g/mol. The number of hydrogen-bond acceptors (Lipinski definition) is 12. The predicted octanol–water partition coefficient (Wildman–Crippen LogP) is 15.3. The predicted molar refractivity (Wildman–Crippen MR) is 351 cm³/mol. The number of H-pyrrole nitrogens is 2. The first-order chi connectivity index (χ1) is 41.8. The lowest BCUT2D eigenvalue weighted by Gasteiger charge is -2.44. The molecular formula is C75H90N4O10. The van der Waals surface area contributed by atoms with E-state index in [0.717, 1.165) is 73.4 Å². The number of epoxide rings is 1. The highest BCUT2D eigenvalue weighted by atomic mass is 16.6. The Balaban J connectivity index is 0.884. The van der Waals surface area contributed by atoms with Crippen molar-refractivity contribution in [1.82, 2.24) is 19.9 Å². The van der Waals surface area contributed by atoms with Gasteiger partial charge in [-0.3, -0.25) is 24.2 Å². The molecule has 470 valence electrons. The second-order valence-corrected chi connectivity index (χ2v) is 27.4. The lowest BCUT2D eigenvalue weighted by molar-refractivity contribution is -0.152. The zero-order valence-electron chi connectivity index (χ0n) is 55.3. The molecule has 7 unspecified atom stereocenters. The summed E-state index contributed by atoms with van der Waals surface area (Å²) in [6.45, 7) is 31.5. The highest BCUT2D eigenvalue weighted by Crippen LogP contribution is 2.67. The first-order valence-electron chi connectivity index (χ1n) is 31.4. The van der Waals surface area contributed by atoms with Crippen LogP contribution in [0.5, 0.6) is 0 Å². The van der Waals surface area contributed by atoms with Crippen LogP contribution in [0.25, 0.3) is 33.2 Å². The van der Waals surface area contributed by atoms with Crippen LogP contribution in [0.1, 0.15) is 209 Å². The van der Waals surface area contributed by atoms with E-state index in [1.807, 2.05) is 147 Å². The maximum absolute atomic E-state index is 15.0. The van der Waals surface area contributed by atoms with E-state index in [2.05, 4.69) is 50.3 Å². The topological polar surface area (TPSA) is 203 Å². The van der Waals surface area contributed by atoms with E-state index in [1.165, 1.54) is 14.0 Å². The smallest absolute Gasteiger partial charge is 0.340 e. The van der Waals surface area contributed by atoms with E-state index in [4.69, 9.17) is 28.9 Å². The number of methoxy groups -OCH3 is 1. The number of aliphatic hydroxyl groups is 1. The second kappa shape index (κ2) is 25.3. The minimum absolute atomic E-state index is 0.00101. The Kier molecular flexibility index (Phi) is 18.6. The lowest BCUT2D eigenvalue weighted by atomic mass is 9.61. The summed E-state index contributed by atoms with van der Waals surface area (Å²) in [5.74, 6) is -1.45. The molecule has 3 fully saturated rings. The number of hydrogen-bond donors (Lipinski definition) is 3. The van der Waals surface area contributed by atoms with Gasteiger partial charge in [-0.2, -0.15) is 0 Å². The van der Waals surface area contributed by atoms with E-state index in [0.29, 0.717) is 76.8 Å². The fourth-order valence-electron chi connectivity index (χ4n) is 14.8. The van der Waals surface area contributed by atoms with Crippen molar-refractivity contribution in [3.63, 3.8) is 0 Å². The van der Waals surface area contributed by atoms with Crippen molar-refractivity contribution in [2.24, 2.45) is 10.8 Å². The van der Waals surface area contributed by atoms with Crippen LogP contribution in [-0.4, -0.2) is 90.6 Å². The molecule has 6 aliphatic rings. The molecule has 0 spiro atoms. The maximum atomic E-state index is 15.0. The van der Waals surface area contributed by atoms with Gasteiger partial charge in [0.1, 0.15) is 17.8 Å². The van der Waals surface area contributed by atoms with Gasteiger partial charge < -0.3 is 34.0 Å². The van der Waals surface area contributed by atoms with E-state index < -0.39 is 39.7 Å². The van der Waals surface area contributed by atoms with Gasteiger partial charge in [-0.1, -0.05) is 113 Å². The SMILES string of the molecule is CCc1c(C)c2cc3[nH]c(cc4nc(c5c6nc(cc1[nH]2)C(C)=C6C(=O)C5)C(CCC(=O)OC)C4C)c(C)c3C(=O)OC1CC(C)(C)C2(CC(=O)C(C)=CC=CC(C)=CC=CC=C(C)C=CC=C(C)C=C=C3C(C)(C)CC(OC(C)=O)CC3(C)O)OC2(C)C1. The molecule has 0 amide bonds. The monoisotopic (exact) mass is 1210 g/mol. The number of aromatic amines is 2. The summed E-state index contributed by atoms with van der Waals surface area (Å²) in [6, 6.07) is 5.98. The molecule has 0 radical (unpaired) electrons. The Hall–Kier alpha value is -7.77. The Morgan fingerprint density at radius 3 is 2.06 bits per heavy atom. The number of rotatable bonds is 17. The number of Topliss-reactive ketones (excluding diaryl/α,β-unsaturated/α-hetero) is 2. The minimum atomic E-state index is -1.14. The zero-order chi connectivity index (χ0) is 64.9. The second-order valence-electron chi connectivity index (χ2n) is 27.4. The molecule has 14 nitrogen and oxygen atoms in total. The maximum Gasteiger partial charge on any atom is 0.340 e. The van der Waals surface area contributed by atoms with Crippen LogP contribution in [0.3, 0.4) is 0 Å². The molecule has 6 heterocycles. The van der Waals surface area contributed by atoms with Gasteiger partial charge in [-0.25, -0.2) is 9.78 Å². The first-order valence-corrected chi connectivity index (χ1v) is 31.4. The third kappa shape index (κ3) is 13.3. The highest BCUT2D eigenvalue weighted by molar-refractivity contribution is 6.32. The van der Waals surface area contributed by atoms with Crippen molar-refractivity contribution >= 4 is 62.7 Å². The largest absolute Gasteiger partial charge is 0.469 e. The van der Waals surface area contributed by atoms with Crippen molar-refractivity contribution in [3.05, 3.63) is 169 Å². The number of esters is 3. The molecule has 3 aliphatic heterocycles. The van der Waals surface area contributed by atoms with Crippen molar-refractivity contribution in [2.45, 2.75) is 209 Å². The van der Waals surface area contributed by atoms with E-state index in [9.17, 15) is 29.1 Å². The Morgan fingerprint density at radius 1 is 0.775 bits per heavy atom. The molecule has 3 aromatic heterocycles. The lowest BCUT2D eigenvalue weighted by Crippen LogP contribution is -2.49. The molecule has 1 saturated heterocycles. The summed E-state index contributed by atoms with van der Waals surface area (Å²) < 4.78 is 23.8. The van der Waals surface area contributed by atoms with Crippen molar-refractivity contribution < 1.29 is 48.0 Å². The summed E-state index contributed by atoms with van der Waals surface area (Å²) >= 11 is 0. The summed E-state index contributed by atoms with van der Waals surface area (Å²) in [7, 11) is 1.39. The molecule has 8 bridgehead atoms. The van der Waals surface area contributed by atoms with Crippen molar-refractivity contribution in [1.29, 1.82) is 0 Å². The Labute approximate surface area is 524 Å². The van der Waals surface area contributed by atoms with Gasteiger partial charge >= 0.3 is 17.9 Å². The normalized spacial score (nSPS) is 25.9. The first kappa shape index (κ1) is 65.7. The number of nitrogens with zero attached hydrogens (tertiary/aromatic N) is 2. The Morgan fingerprint density at radius 2 is 1.42 bits per heavy atom. The van der Waals surface area contributed by atoms with Crippen LogP contribution < -0.4 is 0 Å². The number of carbonyl (C=O) groups is 5.